The summed E-state index contributed by atoms with van der Waals surface area (Å²) < 4.78 is 0. The molecule has 0 heterocycles. The van der Waals surface area contributed by atoms with Gasteiger partial charge in [0.15, 0.2) is 0 Å². The Bertz CT molecular complexity index is 150. The van der Waals surface area contributed by atoms with Crippen LogP contribution < -0.4 is 5.32 Å². The van der Waals surface area contributed by atoms with Crippen LogP contribution >= 0.6 is 0 Å². The molecular weight excluding hydrogens is 134 g/mol. The summed E-state index contributed by atoms with van der Waals surface area (Å²) >= 11 is 0. The zero-order valence-corrected chi connectivity index (χ0v) is 7.27. The Hall–Kier alpha value is -0.560. The number of hydrogen-bond donors (Lipinski definition) is 1. The zero-order chi connectivity index (χ0) is 8.10. The molecule has 1 aliphatic carbocycles. The van der Waals surface area contributed by atoms with Gasteiger partial charge in [-0.1, -0.05) is 17.7 Å². The van der Waals surface area contributed by atoms with E-state index in [4.69, 9.17) is 0 Å². The molecule has 0 radical (unpaired) electrons. The normalized spacial score (nSPS) is 17.5. The summed E-state index contributed by atoms with van der Waals surface area (Å²) in [7, 11) is 0. The highest BCUT2D eigenvalue weighted by Gasteiger charge is 2.07. The van der Waals surface area contributed by atoms with Crippen molar-refractivity contribution in [1.82, 2.24) is 5.32 Å². The molecule has 62 valence electrons. The first-order chi connectivity index (χ1) is 5.29. The Morgan fingerprint density at radius 2 is 2.18 bits per heavy atom. The van der Waals surface area contributed by atoms with Gasteiger partial charge in [-0.15, -0.1) is 6.58 Å². The van der Waals surface area contributed by atoms with Crippen molar-refractivity contribution >= 4 is 0 Å². The molecule has 1 nitrogen and oxygen atoms in total. The van der Waals surface area contributed by atoms with E-state index in [-0.39, 0.29) is 0 Å². The van der Waals surface area contributed by atoms with Gasteiger partial charge < -0.3 is 5.32 Å². The summed E-state index contributed by atoms with van der Waals surface area (Å²) in [6, 6.07) is 0.703. The van der Waals surface area contributed by atoms with Crippen LogP contribution in [-0.2, 0) is 0 Å². The first-order valence-corrected chi connectivity index (χ1v) is 4.32. The van der Waals surface area contributed by atoms with Gasteiger partial charge >= 0.3 is 0 Å². The molecule has 0 saturated heterocycles. The van der Waals surface area contributed by atoms with Gasteiger partial charge in [0.2, 0.25) is 0 Å². The van der Waals surface area contributed by atoms with Crippen LogP contribution in [-0.4, -0.2) is 12.6 Å². The van der Waals surface area contributed by atoms with Crippen LogP contribution in [0.5, 0.6) is 0 Å². The summed E-state index contributed by atoms with van der Waals surface area (Å²) in [4.78, 5) is 0. The Balaban J connectivity index is 1.99. The summed E-state index contributed by atoms with van der Waals surface area (Å²) in [5, 5.41) is 3.49. The van der Waals surface area contributed by atoms with Crippen LogP contribution in [0.2, 0.25) is 0 Å². The minimum Gasteiger partial charge on any atom is -0.313 e. The molecule has 1 aliphatic rings. The quantitative estimate of drug-likeness (QED) is 0.608. The summed E-state index contributed by atoms with van der Waals surface area (Å²) in [6.07, 6.45) is 8.01. The molecule has 0 aromatic heterocycles. The third kappa shape index (κ3) is 3.38. The topological polar surface area (TPSA) is 12.0 Å². The van der Waals surface area contributed by atoms with Crippen molar-refractivity contribution in [1.29, 1.82) is 0 Å². The fraction of sp³-hybridized carbons (Fsp3) is 0.600. The smallest absolute Gasteiger partial charge is 0.0136 e. The van der Waals surface area contributed by atoms with Crippen LogP contribution in [0.1, 0.15) is 26.2 Å². The minimum absolute atomic E-state index is 0.703. The molecule has 0 unspecified atom stereocenters. The van der Waals surface area contributed by atoms with E-state index in [0.717, 1.165) is 13.0 Å². The minimum atomic E-state index is 0.703. The predicted octanol–water partition coefficient (Wildman–Crippen LogP) is 2.26. The molecule has 0 aromatic carbocycles. The Labute approximate surface area is 69.2 Å². The maximum atomic E-state index is 3.86. The van der Waals surface area contributed by atoms with Crippen LogP contribution in [0.4, 0.5) is 0 Å². The Kier molecular flexibility index (Phi) is 3.37. The van der Waals surface area contributed by atoms with Crippen molar-refractivity contribution in [3.8, 4) is 0 Å². The first-order valence-electron chi connectivity index (χ1n) is 4.32. The summed E-state index contributed by atoms with van der Waals surface area (Å²) in [5.74, 6) is 0. The first kappa shape index (κ1) is 8.54. The SMILES string of the molecule is C=C(C)CCNC1CC=CC1. The lowest BCUT2D eigenvalue weighted by Crippen LogP contribution is -2.27. The molecular formula is C10H17N. The molecule has 1 rings (SSSR count). The van der Waals surface area contributed by atoms with Crippen LogP contribution in [0.3, 0.4) is 0 Å². The molecule has 0 saturated carbocycles. The molecule has 0 amide bonds. The fourth-order valence-corrected chi connectivity index (χ4v) is 1.27. The second kappa shape index (κ2) is 4.35. The average molecular weight is 151 g/mol. The van der Waals surface area contributed by atoms with E-state index in [1.807, 2.05) is 0 Å². The van der Waals surface area contributed by atoms with E-state index in [9.17, 15) is 0 Å². The lowest BCUT2D eigenvalue weighted by atomic mass is 10.2. The Morgan fingerprint density at radius 3 is 2.73 bits per heavy atom. The van der Waals surface area contributed by atoms with E-state index in [2.05, 4.69) is 31.0 Å². The van der Waals surface area contributed by atoms with Crippen molar-refractivity contribution in [2.24, 2.45) is 0 Å². The molecule has 1 N–H and O–H groups in total. The van der Waals surface area contributed by atoms with Crippen molar-refractivity contribution in [2.45, 2.75) is 32.2 Å². The highest BCUT2D eigenvalue weighted by atomic mass is 14.9. The van der Waals surface area contributed by atoms with Gasteiger partial charge in [0, 0.05) is 6.04 Å². The third-order valence-electron chi connectivity index (χ3n) is 1.99. The number of hydrogen-bond acceptors (Lipinski definition) is 1. The number of nitrogens with one attached hydrogen (secondary N) is 1. The van der Waals surface area contributed by atoms with Crippen LogP contribution in [0, 0.1) is 0 Å². The lowest BCUT2D eigenvalue weighted by molar-refractivity contribution is 0.541. The van der Waals surface area contributed by atoms with E-state index in [0.29, 0.717) is 6.04 Å². The highest BCUT2D eigenvalue weighted by Crippen LogP contribution is 2.08. The Morgan fingerprint density at radius 1 is 1.55 bits per heavy atom. The van der Waals surface area contributed by atoms with E-state index < -0.39 is 0 Å². The zero-order valence-electron chi connectivity index (χ0n) is 7.27. The third-order valence-corrected chi connectivity index (χ3v) is 1.99. The van der Waals surface area contributed by atoms with E-state index in [1.54, 1.807) is 0 Å². The number of rotatable bonds is 4. The fourth-order valence-electron chi connectivity index (χ4n) is 1.27. The molecule has 11 heavy (non-hydrogen) atoms. The average Bonchev–Trinajstić information content (AvgIpc) is 2.39. The lowest BCUT2D eigenvalue weighted by Gasteiger charge is -2.10. The maximum absolute atomic E-state index is 3.86. The van der Waals surface area contributed by atoms with Gasteiger partial charge in [-0.25, -0.2) is 0 Å². The largest absolute Gasteiger partial charge is 0.313 e. The second-order valence-electron chi connectivity index (χ2n) is 3.30. The van der Waals surface area contributed by atoms with Gasteiger partial charge in [0.25, 0.3) is 0 Å². The van der Waals surface area contributed by atoms with Gasteiger partial charge in [0.1, 0.15) is 0 Å². The second-order valence-corrected chi connectivity index (χ2v) is 3.30. The van der Waals surface area contributed by atoms with Crippen LogP contribution in [0.25, 0.3) is 0 Å². The van der Waals surface area contributed by atoms with Gasteiger partial charge in [-0.2, -0.15) is 0 Å². The molecule has 1 heteroatoms. The van der Waals surface area contributed by atoms with Gasteiger partial charge in [-0.3, -0.25) is 0 Å². The molecule has 0 spiro atoms. The van der Waals surface area contributed by atoms with Crippen LogP contribution in [0.15, 0.2) is 24.3 Å². The van der Waals surface area contributed by atoms with Crippen molar-refractivity contribution in [3.63, 3.8) is 0 Å². The molecule has 0 atom stereocenters. The summed E-state index contributed by atoms with van der Waals surface area (Å²) in [5.41, 5.74) is 1.27. The molecule has 0 aromatic rings. The molecule has 0 fully saturated rings. The standard InChI is InChI=1S/C10H17N/c1-9(2)7-8-11-10-5-3-4-6-10/h3-4,10-11H,1,5-8H2,2H3. The van der Waals surface area contributed by atoms with E-state index in [1.165, 1.54) is 18.4 Å². The highest BCUT2D eigenvalue weighted by molar-refractivity contribution is 4.98. The van der Waals surface area contributed by atoms with Crippen molar-refractivity contribution < 1.29 is 0 Å². The van der Waals surface area contributed by atoms with Gasteiger partial charge in [0.05, 0.1) is 0 Å². The van der Waals surface area contributed by atoms with Crippen molar-refractivity contribution in [2.75, 3.05) is 6.54 Å². The van der Waals surface area contributed by atoms with E-state index >= 15 is 0 Å². The van der Waals surface area contributed by atoms with Crippen molar-refractivity contribution in [3.05, 3.63) is 24.3 Å². The maximum Gasteiger partial charge on any atom is 0.0136 e. The molecule has 0 aliphatic heterocycles. The summed E-state index contributed by atoms with van der Waals surface area (Å²) in [6.45, 7) is 7.03. The predicted molar refractivity (Wildman–Crippen MR) is 49.6 cm³/mol. The van der Waals surface area contributed by atoms with Gasteiger partial charge in [-0.05, 0) is 32.7 Å². The molecule has 0 bridgehead atoms. The monoisotopic (exact) mass is 151 g/mol.